The van der Waals surface area contributed by atoms with Crippen LogP contribution in [0.1, 0.15) is 608 Å². The van der Waals surface area contributed by atoms with Crippen LogP contribution in [0.2, 0.25) is 0 Å². The van der Waals surface area contributed by atoms with Crippen molar-refractivity contribution in [1.82, 2.24) is 0 Å². The summed E-state index contributed by atoms with van der Waals surface area (Å²) in [6, 6.07) is 85.6. The molecule has 0 unspecified atom stereocenters. The zero-order valence-electron chi connectivity index (χ0n) is 97.5. The van der Waals surface area contributed by atoms with Gasteiger partial charge in [0.05, 0.1) is 0 Å². The molecular formula is C144H219O4P. The van der Waals surface area contributed by atoms with Crippen LogP contribution in [0.3, 0.4) is 0 Å². The van der Waals surface area contributed by atoms with Gasteiger partial charge in [0, 0.05) is 16.2 Å². The summed E-state index contributed by atoms with van der Waals surface area (Å²) in [6.07, 6.45) is 98.4. The van der Waals surface area contributed by atoms with Crippen molar-refractivity contribution in [1.29, 1.82) is 0 Å². The van der Waals surface area contributed by atoms with E-state index in [-0.39, 0.29) is 0 Å². The monoisotopic (exact) mass is 2040 g/mol. The van der Waals surface area contributed by atoms with Crippen LogP contribution in [-0.4, -0.2) is 0 Å². The Morgan fingerprint density at radius 2 is 0.248 bits per heavy atom. The Balaban J connectivity index is 1.18. The van der Waals surface area contributed by atoms with Gasteiger partial charge in [-0.15, -0.1) is 0 Å². The molecule has 0 N–H and O–H groups in total. The summed E-state index contributed by atoms with van der Waals surface area (Å²) in [5, 5.41) is 0. The molecule has 0 saturated carbocycles. The average molecular weight is 2050 g/mol. The standard InChI is InChI=1S/C144H219O4P/c1-10-19-28-37-46-49-58-67-76-121-142(130-97-85-124(86-98-130)79-70-61-52-40-31-22-13-4,131-99-87-125(88-100-131)80-71-62-53-41-32-23-14-5)136-109-115-139(116-110-136)146-149(145,147-140-117-111-137(112-118-140)143(122-77-68-59-50-47-38-29-20-11-2,132-101-89-126(90-102-132)81-72-63-54-42-33-24-15-6)133-103-91-127(92-104-133)82-73-64-55-43-34-25-16-7)148-141-119-113-138(114-120-141)144(123-78-69-60-51-48-39-30-21-12-3,134-105-93-128(94-106-134)83-74-65-56-44-35-26-17-8)135-107-95-129(96-108-135)84-75-66-57-45-36-27-18-9/h85-120H,10-84,121-123H2,1-9H3. The van der Waals surface area contributed by atoms with Gasteiger partial charge < -0.3 is 13.6 Å². The molecule has 0 spiro atoms. The molecule has 9 rings (SSSR count). The molecule has 9 aromatic carbocycles. The lowest BCUT2D eigenvalue weighted by Crippen LogP contribution is -2.30. The normalized spacial score (nSPS) is 12.0. The van der Waals surface area contributed by atoms with Crippen LogP contribution in [0.15, 0.2) is 218 Å². The van der Waals surface area contributed by atoms with Crippen molar-refractivity contribution < 1.29 is 18.1 Å². The van der Waals surface area contributed by atoms with Gasteiger partial charge in [0.15, 0.2) is 0 Å². The van der Waals surface area contributed by atoms with Gasteiger partial charge in [0.25, 0.3) is 0 Å². The molecule has 824 valence electrons. The molecule has 0 aromatic heterocycles. The van der Waals surface area contributed by atoms with Crippen molar-refractivity contribution in [3.8, 4) is 17.2 Å². The number of phosphoric ester groups is 1. The van der Waals surface area contributed by atoms with Crippen molar-refractivity contribution in [3.63, 3.8) is 0 Å². The van der Waals surface area contributed by atoms with E-state index in [2.05, 4.69) is 281 Å². The van der Waals surface area contributed by atoms with Crippen LogP contribution in [0.4, 0.5) is 0 Å². The fourth-order valence-electron chi connectivity index (χ4n) is 24.2. The fourth-order valence-corrected chi connectivity index (χ4v) is 25.5. The molecular weight excluding hydrogens is 1820 g/mol. The van der Waals surface area contributed by atoms with Gasteiger partial charge in [0.1, 0.15) is 17.2 Å². The third-order valence-electron chi connectivity index (χ3n) is 33.8. The summed E-state index contributed by atoms with van der Waals surface area (Å²) < 4.78 is 38.9. The smallest absolute Gasteiger partial charge is 0.386 e. The number of unbranched alkanes of at least 4 members (excludes halogenated alkanes) is 60. The van der Waals surface area contributed by atoms with Gasteiger partial charge in [-0.1, -0.05) is 649 Å². The molecule has 0 aliphatic rings. The van der Waals surface area contributed by atoms with E-state index in [0.717, 1.165) is 77.0 Å². The molecule has 0 bridgehead atoms. The van der Waals surface area contributed by atoms with Crippen LogP contribution in [0.25, 0.3) is 0 Å². The summed E-state index contributed by atoms with van der Waals surface area (Å²) in [6.45, 7) is 20.9. The Morgan fingerprint density at radius 3 is 0.376 bits per heavy atom. The van der Waals surface area contributed by atoms with E-state index in [1.165, 1.54) is 507 Å². The molecule has 9 aromatic rings. The van der Waals surface area contributed by atoms with Gasteiger partial charge in [-0.3, -0.25) is 0 Å². The average Bonchev–Trinajstić information content (AvgIpc) is 0.757. The molecule has 0 amide bonds. The van der Waals surface area contributed by atoms with E-state index >= 15 is 4.57 Å². The number of aryl methyl sites for hydroxylation is 6. The molecule has 0 radical (unpaired) electrons. The van der Waals surface area contributed by atoms with Gasteiger partial charge in [-0.05, 0) is 216 Å². The summed E-state index contributed by atoms with van der Waals surface area (Å²) in [7, 11) is -4.66. The number of phosphoric acid groups is 1. The quantitative estimate of drug-likeness (QED) is 0.0216. The van der Waals surface area contributed by atoms with Crippen molar-refractivity contribution in [2.75, 3.05) is 0 Å². The van der Waals surface area contributed by atoms with Crippen molar-refractivity contribution in [3.05, 3.63) is 302 Å². The minimum absolute atomic E-state index is 0.439. The Kier molecular flexibility index (Phi) is 65.4. The van der Waals surface area contributed by atoms with Crippen LogP contribution in [0, 0.1) is 0 Å². The predicted molar refractivity (Wildman–Crippen MR) is 653 cm³/mol. The van der Waals surface area contributed by atoms with Crippen LogP contribution >= 0.6 is 7.82 Å². The van der Waals surface area contributed by atoms with E-state index < -0.39 is 24.1 Å². The Bertz CT molecular complexity index is 4090. The fraction of sp³-hybridized carbons (Fsp3) is 0.625. The molecule has 149 heavy (non-hydrogen) atoms. The first-order chi connectivity index (χ1) is 73.5. The minimum Gasteiger partial charge on any atom is -0.386 e. The second-order valence-corrected chi connectivity index (χ2v) is 47.6. The van der Waals surface area contributed by atoms with Gasteiger partial charge in [-0.25, -0.2) is 0 Å². The van der Waals surface area contributed by atoms with E-state index in [0.29, 0.717) is 17.2 Å². The number of hydrogen-bond donors (Lipinski definition) is 0. The van der Waals surface area contributed by atoms with Crippen LogP contribution in [-0.2, 0) is 59.3 Å². The first-order valence-electron chi connectivity index (χ1n) is 64.0. The summed E-state index contributed by atoms with van der Waals surface area (Å²) >= 11 is 0. The summed E-state index contributed by atoms with van der Waals surface area (Å²) in [4.78, 5) is 0. The number of hydrogen-bond acceptors (Lipinski definition) is 4. The highest BCUT2D eigenvalue weighted by Crippen LogP contribution is 2.54. The maximum Gasteiger partial charge on any atom is 0.647 e. The molecule has 0 saturated heterocycles. The zero-order valence-corrected chi connectivity index (χ0v) is 98.4. The maximum atomic E-state index is 17.2. The second-order valence-electron chi connectivity index (χ2n) is 46.2. The summed E-state index contributed by atoms with van der Waals surface area (Å²) in [5.41, 5.74) is 18.6. The molecule has 4 nitrogen and oxygen atoms in total. The number of rotatable bonds is 93. The molecule has 5 heteroatoms. The van der Waals surface area contributed by atoms with E-state index in [1.54, 1.807) is 0 Å². The Labute approximate surface area is 918 Å². The van der Waals surface area contributed by atoms with Crippen LogP contribution in [0.5, 0.6) is 17.2 Å². The predicted octanol–water partition coefficient (Wildman–Crippen LogP) is 46.9. The molecule has 0 aliphatic carbocycles. The molecule has 0 atom stereocenters. The topological polar surface area (TPSA) is 44.8 Å². The summed E-state index contributed by atoms with van der Waals surface area (Å²) in [5.74, 6) is 1.32. The van der Waals surface area contributed by atoms with Gasteiger partial charge in [0.2, 0.25) is 0 Å². The lowest BCUT2D eigenvalue weighted by atomic mass is 9.66. The van der Waals surface area contributed by atoms with Gasteiger partial charge in [-0.2, -0.15) is 4.57 Å². The van der Waals surface area contributed by atoms with Crippen molar-refractivity contribution in [2.24, 2.45) is 0 Å². The third kappa shape index (κ3) is 46.3. The lowest BCUT2D eigenvalue weighted by Gasteiger charge is -2.37. The Morgan fingerprint density at radius 1 is 0.141 bits per heavy atom. The highest BCUT2D eigenvalue weighted by atomic mass is 31.2. The highest BCUT2D eigenvalue weighted by Gasteiger charge is 2.42. The van der Waals surface area contributed by atoms with Crippen molar-refractivity contribution in [2.45, 2.75) is 579 Å². The van der Waals surface area contributed by atoms with Crippen LogP contribution < -0.4 is 13.6 Å². The maximum absolute atomic E-state index is 17.2. The molecule has 0 heterocycles. The second kappa shape index (κ2) is 77.9. The van der Waals surface area contributed by atoms with Gasteiger partial charge >= 0.3 is 7.82 Å². The first kappa shape index (κ1) is 125. The van der Waals surface area contributed by atoms with E-state index in [4.69, 9.17) is 13.6 Å². The van der Waals surface area contributed by atoms with Crippen molar-refractivity contribution >= 4 is 7.82 Å². The van der Waals surface area contributed by atoms with E-state index in [9.17, 15) is 0 Å². The highest BCUT2D eigenvalue weighted by molar-refractivity contribution is 7.49. The molecule has 0 fully saturated rings. The first-order valence-corrected chi connectivity index (χ1v) is 65.5. The number of benzene rings is 9. The molecule has 0 aliphatic heterocycles. The minimum atomic E-state index is -4.66. The SMILES string of the molecule is CCCCCCCCCCCC(c1ccc(CCCCCCCCC)cc1)(c1ccc(CCCCCCCCC)cc1)c1ccc(OP(=O)(Oc2ccc(C(CCCCCCCCCCC)(c3ccc(CCCCCCCCC)cc3)c3ccc(CCCCCCCCC)cc3)cc2)Oc2ccc(C(CCCCCCCCCCC)(c3ccc(CCCCCCCCC)cc3)c3ccc(CCCCCCCCC)cc3)cc2)cc1. The van der Waals surface area contributed by atoms with E-state index in [1.807, 2.05) is 0 Å². The zero-order chi connectivity index (χ0) is 105. The Hall–Kier alpha value is -7.39. The lowest BCUT2D eigenvalue weighted by molar-refractivity contribution is 0.298. The largest absolute Gasteiger partial charge is 0.647 e. The third-order valence-corrected chi connectivity index (χ3v) is 35.1.